The molecule has 2 aromatic rings. The molecular weight excluding hydrogens is 384 g/mol. The number of esters is 1. The Hall–Kier alpha value is -2.68. The van der Waals surface area contributed by atoms with Crippen molar-refractivity contribution in [2.24, 2.45) is 0 Å². The Labute approximate surface area is 186 Å². The summed E-state index contributed by atoms with van der Waals surface area (Å²) in [6, 6.07) is 13.3. The van der Waals surface area contributed by atoms with E-state index in [-0.39, 0.29) is 22.6 Å². The maximum Gasteiger partial charge on any atom is 0.338 e. The number of benzene rings is 2. The first-order valence-corrected chi connectivity index (χ1v) is 11.3. The first-order valence-electron chi connectivity index (χ1n) is 11.3. The molecule has 0 atom stereocenters. The standard InChI is InChI=1S/C28H34O3/c1-6-7-18-31-26(30)21-11-8-20(9-12-21)10-15-25(29)22-13-14-23-24(19-22)28(4,5)17-16-27(23,2)3/h8-15,19H,6-7,16-18H2,1-5H3/b15-10+. The maximum absolute atomic E-state index is 12.8. The summed E-state index contributed by atoms with van der Waals surface area (Å²) in [6.45, 7) is 11.6. The minimum Gasteiger partial charge on any atom is -0.462 e. The van der Waals surface area contributed by atoms with Crippen LogP contribution < -0.4 is 0 Å². The van der Waals surface area contributed by atoms with Gasteiger partial charge in [-0.1, -0.05) is 71.4 Å². The zero-order valence-electron chi connectivity index (χ0n) is 19.5. The van der Waals surface area contributed by atoms with E-state index in [0.717, 1.165) is 36.8 Å². The highest BCUT2D eigenvalue weighted by atomic mass is 16.5. The van der Waals surface area contributed by atoms with Crippen molar-refractivity contribution in [2.45, 2.75) is 71.1 Å². The van der Waals surface area contributed by atoms with Crippen LogP contribution in [0.1, 0.15) is 97.7 Å². The summed E-state index contributed by atoms with van der Waals surface area (Å²) < 4.78 is 5.23. The van der Waals surface area contributed by atoms with Crippen molar-refractivity contribution >= 4 is 17.8 Å². The van der Waals surface area contributed by atoms with Crippen molar-refractivity contribution < 1.29 is 14.3 Å². The summed E-state index contributed by atoms with van der Waals surface area (Å²) in [5.74, 6) is -0.315. The Bertz CT molecular complexity index is 978. The zero-order chi connectivity index (χ0) is 22.6. The van der Waals surface area contributed by atoms with E-state index in [1.54, 1.807) is 24.3 Å². The topological polar surface area (TPSA) is 43.4 Å². The smallest absolute Gasteiger partial charge is 0.338 e. The van der Waals surface area contributed by atoms with Crippen molar-refractivity contribution in [2.75, 3.05) is 6.61 Å². The van der Waals surface area contributed by atoms with Gasteiger partial charge in [0, 0.05) is 5.56 Å². The van der Waals surface area contributed by atoms with Gasteiger partial charge in [-0.15, -0.1) is 0 Å². The number of ketones is 1. The molecule has 0 spiro atoms. The van der Waals surface area contributed by atoms with Gasteiger partial charge in [0.25, 0.3) is 0 Å². The summed E-state index contributed by atoms with van der Waals surface area (Å²) >= 11 is 0. The Morgan fingerprint density at radius 3 is 2.16 bits per heavy atom. The Morgan fingerprint density at radius 1 is 0.903 bits per heavy atom. The number of allylic oxidation sites excluding steroid dienone is 1. The van der Waals surface area contributed by atoms with Gasteiger partial charge in [-0.05, 0) is 71.1 Å². The third-order valence-corrected chi connectivity index (χ3v) is 6.44. The molecule has 1 aliphatic rings. The van der Waals surface area contributed by atoms with Crippen molar-refractivity contribution in [1.82, 2.24) is 0 Å². The monoisotopic (exact) mass is 418 g/mol. The molecule has 0 radical (unpaired) electrons. The molecule has 2 aromatic carbocycles. The molecule has 0 amide bonds. The van der Waals surface area contributed by atoms with E-state index < -0.39 is 0 Å². The molecule has 0 saturated heterocycles. The van der Waals surface area contributed by atoms with Crippen LogP contribution in [0.5, 0.6) is 0 Å². The van der Waals surface area contributed by atoms with Gasteiger partial charge in [0.15, 0.2) is 5.78 Å². The van der Waals surface area contributed by atoms with Crippen LogP contribution in [-0.2, 0) is 15.6 Å². The lowest BCUT2D eigenvalue weighted by molar-refractivity contribution is 0.0499. The Balaban J connectivity index is 1.73. The molecule has 164 valence electrons. The molecule has 0 saturated carbocycles. The van der Waals surface area contributed by atoms with E-state index in [4.69, 9.17) is 4.74 Å². The molecular formula is C28H34O3. The summed E-state index contributed by atoms with van der Waals surface area (Å²) in [5.41, 5.74) is 4.97. The quantitative estimate of drug-likeness (QED) is 0.213. The number of rotatable bonds is 7. The van der Waals surface area contributed by atoms with E-state index in [1.807, 2.05) is 18.2 Å². The average molecular weight is 419 g/mol. The highest BCUT2D eigenvalue weighted by Crippen LogP contribution is 2.45. The van der Waals surface area contributed by atoms with E-state index >= 15 is 0 Å². The fourth-order valence-corrected chi connectivity index (χ4v) is 4.13. The number of hydrogen-bond donors (Lipinski definition) is 0. The molecule has 0 heterocycles. The normalized spacial score (nSPS) is 16.7. The van der Waals surface area contributed by atoms with Crippen LogP contribution in [0.15, 0.2) is 48.5 Å². The average Bonchev–Trinajstić information content (AvgIpc) is 2.75. The van der Waals surface area contributed by atoms with E-state index in [0.29, 0.717) is 12.2 Å². The van der Waals surface area contributed by atoms with Gasteiger partial charge in [-0.3, -0.25) is 4.79 Å². The molecule has 0 fully saturated rings. The van der Waals surface area contributed by atoms with Gasteiger partial charge in [0.05, 0.1) is 12.2 Å². The van der Waals surface area contributed by atoms with Gasteiger partial charge in [-0.25, -0.2) is 4.79 Å². The molecule has 3 rings (SSSR count). The highest BCUT2D eigenvalue weighted by Gasteiger charge is 2.37. The number of carbonyl (C=O) groups is 2. The molecule has 3 heteroatoms. The number of hydrogen-bond acceptors (Lipinski definition) is 3. The molecule has 0 N–H and O–H groups in total. The molecule has 3 nitrogen and oxygen atoms in total. The number of carbonyl (C=O) groups excluding carboxylic acids is 2. The second-order valence-corrected chi connectivity index (χ2v) is 9.84. The van der Waals surface area contributed by atoms with Crippen LogP contribution in [0.25, 0.3) is 6.08 Å². The maximum atomic E-state index is 12.8. The second-order valence-electron chi connectivity index (χ2n) is 9.84. The highest BCUT2D eigenvalue weighted by molar-refractivity contribution is 6.07. The summed E-state index contributed by atoms with van der Waals surface area (Å²) in [6.07, 6.45) is 7.53. The predicted octanol–water partition coefficient (Wildman–Crippen LogP) is 6.89. The van der Waals surface area contributed by atoms with Crippen LogP contribution in [-0.4, -0.2) is 18.4 Å². The Morgan fingerprint density at radius 2 is 1.52 bits per heavy atom. The van der Waals surface area contributed by atoms with Gasteiger partial charge >= 0.3 is 5.97 Å². The van der Waals surface area contributed by atoms with E-state index in [9.17, 15) is 9.59 Å². The molecule has 0 aliphatic heterocycles. The SMILES string of the molecule is CCCCOC(=O)c1ccc(/C=C/C(=O)c2ccc3c(c2)C(C)(C)CCC3(C)C)cc1. The second kappa shape index (κ2) is 9.21. The van der Waals surface area contributed by atoms with Crippen molar-refractivity contribution in [1.29, 1.82) is 0 Å². The molecule has 0 bridgehead atoms. The minimum absolute atomic E-state index is 0.00923. The molecule has 31 heavy (non-hydrogen) atoms. The fraction of sp³-hybridized carbons (Fsp3) is 0.429. The van der Waals surface area contributed by atoms with E-state index in [2.05, 4.69) is 46.8 Å². The van der Waals surface area contributed by atoms with Crippen molar-refractivity contribution in [3.8, 4) is 0 Å². The van der Waals surface area contributed by atoms with Gasteiger partial charge < -0.3 is 4.74 Å². The Kier molecular flexibility index (Phi) is 6.83. The minimum atomic E-state index is -0.306. The van der Waals surface area contributed by atoms with Crippen molar-refractivity contribution in [3.63, 3.8) is 0 Å². The van der Waals surface area contributed by atoms with Crippen LogP contribution in [0.3, 0.4) is 0 Å². The first-order chi connectivity index (χ1) is 14.6. The first kappa shape index (κ1) is 23.0. The van der Waals surface area contributed by atoms with Crippen LogP contribution in [0, 0.1) is 0 Å². The molecule has 0 unspecified atom stereocenters. The van der Waals surface area contributed by atoms with Gasteiger partial charge in [0.1, 0.15) is 0 Å². The zero-order valence-corrected chi connectivity index (χ0v) is 19.5. The van der Waals surface area contributed by atoms with Crippen LogP contribution >= 0.6 is 0 Å². The van der Waals surface area contributed by atoms with Gasteiger partial charge in [0.2, 0.25) is 0 Å². The molecule has 1 aliphatic carbocycles. The lowest BCUT2D eigenvalue weighted by atomic mass is 9.63. The fourth-order valence-electron chi connectivity index (χ4n) is 4.13. The lowest BCUT2D eigenvalue weighted by Gasteiger charge is -2.42. The molecule has 0 aromatic heterocycles. The summed E-state index contributed by atoms with van der Waals surface area (Å²) in [7, 11) is 0. The predicted molar refractivity (Wildman–Crippen MR) is 127 cm³/mol. The lowest BCUT2D eigenvalue weighted by Crippen LogP contribution is -2.34. The van der Waals surface area contributed by atoms with Gasteiger partial charge in [-0.2, -0.15) is 0 Å². The van der Waals surface area contributed by atoms with Crippen LogP contribution in [0.2, 0.25) is 0 Å². The third kappa shape index (κ3) is 5.33. The summed E-state index contributed by atoms with van der Waals surface area (Å²) in [5, 5.41) is 0. The third-order valence-electron chi connectivity index (χ3n) is 6.44. The summed E-state index contributed by atoms with van der Waals surface area (Å²) in [4.78, 5) is 24.8. The van der Waals surface area contributed by atoms with E-state index in [1.165, 1.54) is 11.1 Å². The largest absolute Gasteiger partial charge is 0.462 e. The van der Waals surface area contributed by atoms with Crippen LogP contribution in [0.4, 0.5) is 0 Å². The number of fused-ring (bicyclic) bond motifs is 1. The number of unbranched alkanes of at least 4 members (excludes halogenated alkanes) is 1. The number of ether oxygens (including phenoxy) is 1. The van der Waals surface area contributed by atoms with Crippen molar-refractivity contribution in [3.05, 3.63) is 76.4 Å².